The second-order valence-electron chi connectivity index (χ2n) is 8.43. The number of aromatic nitrogens is 1. The number of amides is 1. The molecule has 3 aromatic carbocycles. The van der Waals surface area contributed by atoms with Crippen LogP contribution in [0.3, 0.4) is 0 Å². The van der Waals surface area contributed by atoms with Gasteiger partial charge >= 0.3 is 12.1 Å². The monoisotopic (exact) mass is 500 g/mol. The lowest BCUT2D eigenvalue weighted by molar-refractivity contribution is -0.139. The molecule has 0 radical (unpaired) electrons. The van der Waals surface area contributed by atoms with Crippen LogP contribution < -0.4 is 10.1 Å². The molecule has 1 atom stereocenters. The average Bonchev–Trinajstić information content (AvgIpc) is 3.29. The second-order valence-corrected chi connectivity index (χ2v) is 8.43. The lowest BCUT2D eigenvalue weighted by Crippen LogP contribution is -2.42. The van der Waals surface area contributed by atoms with Gasteiger partial charge in [0.25, 0.3) is 0 Å². The third kappa shape index (κ3) is 7.44. The highest BCUT2D eigenvalue weighted by Crippen LogP contribution is 2.22. The Balaban J connectivity index is 1.25. The summed E-state index contributed by atoms with van der Waals surface area (Å²) in [5.74, 6) is 0.848. The molecule has 8 heteroatoms. The minimum absolute atomic E-state index is 0.0620. The molecule has 0 aliphatic carbocycles. The molecule has 0 aliphatic heterocycles. The Kier molecular flexibility index (Phi) is 8.54. The van der Waals surface area contributed by atoms with Gasteiger partial charge in [0.05, 0.1) is 12.3 Å². The minimum Gasteiger partial charge on any atom is -0.493 e. The van der Waals surface area contributed by atoms with Crippen LogP contribution in [0.25, 0.3) is 11.5 Å². The van der Waals surface area contributed by atoms with Crippen LogP contribution in [0.15, 0.2) is 89.3 Å². The predicted octanol–water partition coefficient (Wildman–Crippen LogP) is 5.19. The zero-order chi connectivity index (χ0) is 26.0. The summed E-state index contributed by atoms with van der Waals surface area (Å²) < 4.78 is 16.8. The summed E-state index contributed by atoms with van der Waals surface area (Å²) in [4.78, 5) is 28.3. The molecular weight excluding hydrogens is 472 g/mol. The van der Waals surface area contributed by atoms with Gasteiger partial charge in [-0.25, -0.2) is 14.6 Å². The highest BCUT2D eigenvalue weighted by Gasteiger charge is 2.21. The number of carbonyl (C=O) groups excluding carboxylic acids is 1. The van der Waals surface area contributed by atoms with E-state index < -0.39 is 18.1 Å². The molecule has 4 rings (SSSR count). The fourth-order valence-corrected chi connectivity index (χ4v) is 3.69. The third-order valence-corrected chi connectivity index (χ3v) is 5.69. The Labute approximate surface area is 214 Å². The number of alkyl carbamates (subject to hydrolysis) is 1. The van der Waals surface area contributed by atoms with E-state index in [4.69, 9.17) is 13.9 Å². The first-order chi connectivity index (χ1) is 18.0. The van der Waals surface area contributed by atoms with Crippen molar-refractivity contribution in [2.45, 2.75) is 32.4 Å². The fourth-order valence-electron chi connectivity index (χ4n) is 3.69. The Hall–Kier alpha value is -4.59. The van der Waals surface area contributed by atoms with E-state index >= 15 is 0 Å². The summed E-state index contributed by atoms with van der Waals surface area (Å²) in [6.45, 7) is 2.36. The molecule has 0 bridgehead atoms. The molecule has 0 saturated carbocycles. The fraction of sp³-hybridized carbons (Fsp3) is 0.207. The molecule has 0 fully saturated rings. The van der Waals surface area contributed by atoms with Crippen LogP contribution in [0.2, 0.25) is 0 Å². The Bertz CT molecular complexity index is 1300. The molecule has 1 heterocycles. The molecule has 8 nitrogen and oxygen atoms in total. The zero-order valence-corrected chi connectivity index (χ0v) is 20.4. The van der Waals surface area contributed by atoms with E-state index in [1.54, 1.807) is 24.3 Å². The number of benzene rings is 3. The van der Waals surface area contributed by atoms with E-state index in [2.05, 4.69) is 10.3 Å². The molecule has 0 aliphatic rings. The van der Waals surface area contributed by atoms with Crippen molar-refractivity contribution >= 4 is 12.1 Å². The summed E-state index contributed by atoms with van der Waals surface area (Å²) in [5.41, 5.74) is 3.32. The number of nitrogens with one attached hydrogen (secondary N) is 1. The standard InChI is InChI=1S/C29H28N2O6/c1-20-25(30-27(37-20)23-10-6-3-7-11-23)16-17-35-24-14-12-21(13-15-24)18-26(28(32)33)31-29(34)36-19-22-8-4-2-5-9-22/h2-15,26H,16-19H2,1H3,(H,31,34)(H,32,33)/t26-/m0/s1. The van der Waals surface area contributed by atoms with Crippen LogP contribution in [0.5, 0.6) is 5.75 Å². The van der Waals surface area contributed by atoms with E-state index in [0.717, 1.165) is 28.1 Å². The highest BCUT2D eigenvalue weighted by molar-refractivity contribution is 5.80. The van der Waals surface area contributed by atoms with E-state index in [1.807, 2.05) is 67.6 Å². The number of oxazole rings is 1. The van der Waals surface area contributed by atoms with Gasteiger partial charge in [0.1, 0.15) is 24.2 Å². The van der Waals surface area contributed by atoms with Crippen LogP contribution in [-0.2, 0) is 29.0 Å². The van der Waals surface area contributed by atoms with E-state index in [1.165, 1.54) is 0 Å². The Morgan fingerprint density at radius 1 is 0.946 bits per heavy atom. The molecule has 1 aromatic heterocycles. The van der Waals surface area contributed by atoms with Gasteiger partial charge < -0.3 is 24.3 Å². The van der Waals surface area contributed by atoms with Gasteiger partial charge in [-0.05, 0) is 42.3 Å². The van der Waals surface area contributed by atoms with E-state index in [0.29, 0.717) is 24.7 Å². The molecule has 1 amide bonds. The van der Waals surface area contributed by atoms with Gasteiger partial charge in [-0.1, -0.05) is 60.7 Å². The third-order valence-electron chi connectivity index (χ3n) is 5.69. The normalized spacial score (nSPS) is 11.5. The number of carboxylic acids is 1. The lowest BCUT2D eigenvalue weighted by atomic mass is 10.1. The van der Waals surface area contributed by atoms with Crippen molar-refractivity contribution in [2.24, 2.45) is 0 Å². The summed E-state index contributed by atoms with van der Waals surface area (Å²) in [6, 6.07) is 24.9. The first-order valence-electron chi connectivity index (χ1n) is 11.9. The van der Waals surface area contributed by atoms with Crippen molar-refractivity contribution in [1.82, 2.24) is 10.3 Å². The van der Waals surface area contributed by atoms with Crippen molar-refractivity contribution in [3.8, 4) is 17.2 Å². The maximum atomic E-state index is 12.1. The minimum atomic E-state index is -1.14. The largest absolute Gasteiger partial charge is 0.493 e. The topological polar surface area (TPSA) is 111 Å². The summed E-state index contributed by atoms with van der Waals surface area (Å²) in [5, 5.41) is 11.9. The molecule has 0 spiro atoms. The van der Waals surface area contributed by atoms with Crippen molar-refractivity contribution in [3.63, 3.8) is 0 Å². The molecular formula is C29H28N2O6. The highest BCUT2D eigenvalue weighted by atomic mass is 16.5. The first kappa shape index (κ1) is 25.5. The van der Waals surface area contributed by atoms with Gasteiger partial charge in [-0.2, -0.15) is 0 Å². The molecule has 4 aromatic rings. The van der Waals surface area contributed by atoms with Gasteiger partial charge in [0.15, 0.2) is 0 Å². The van der Waals surface area contributed by atoms with Crippen molar-refractivity contribution in [3.05, 3.63) is 108 Å². The average molecular weight is 501 g/mol. The summed E-state index contributed by atoms with van der Waals surface area (Å²) >= 11 is 0. The predicted molar refractivity (Wildman–Crippen MR) is 137 cm³/mol. The number of ether oxygens (including phenoxy) is 2. The number of carbonyl (C=O) groups is 2. The number of aliphatic carboxylic acids is 1. The van der Waals surface area contributed by atoms with E-state index in [9.17, 15) is 14.7 Å². The van der Waals surface area contributed by atoms with Crippen molar-refractivity contribution in [2.75, 3.05) is 6.61 Å². The van der Waals surface area contributed by atoms with Gasteiger partial charge in [0, 0.05) is 18.4 Å². The summed E-state index contributed by atoms with van der Waals surface area (Å²) in [6.07, 6.45) is -0.0917. The van der Waals surface area contributed by atoms with Crippen LogP contribution >= 0.6 is 0 Å². The summed E-state index contributed by atoms with van der Waals surface area (Å²) in [7, 11) is 0. The maximum Gasteiger partial charge on any atom is 0.408 e. The Morgan fingerprint density at radius 2 is 1.62 bits per heavy atom. The number of carboxylic acid groups (broad SMARTS) is 1. The van der Waals surface area contributed by atoms with Crippen molar-refractivity contribution in [1.29, 1.82) is 0 Å². The molecule has 190 valence electrons. The van der Waals surface area contributed by atoms with Gasteiger partial charge in [-0.3, -0.25) is 0 Å². The van der Waals surface area contributed by atoms with Gasteiger partial charge in [-0.15, -0.1) is 0 Å². The molecule has 0 unspecified atom stereocenters. The molecule has 2 N–H and O–H groups in total. The lowest BCUT2D eigenvalue weighted by Gasteiger charge is -2.15. The number of rotatable bonds is 11. The first-order valence-corrected chi connectivity index (χ1v) is 11.9. The van der Waals surface area contributed by atoms with Crippen LogP contribution in [0.1, 0.15) is 22.6 Å². The SMILES string of the molecule is Cc1oc(-c2ccccc2)nc1CCOc1ccc(C[C@H](NC(=O)OCc2ccccc2)C(=O)O)cc1. The van der Waals surface area contributed by atoms with Crippen LogP contribution in [0.4, 0.5) is 4.79 Å². The van der Waals surface area contributed by atoms with Crippen LogP contribution in [-0.4, -0.2) is 34.8 Å². The molecule has 37 heavy (non-hydrogen) atoms. The van der Waals surface area contributed by atoms with Gasteiger partial charge in [0.2, 0.25) is 5.89 Å². The van der Waals surface area contributed by atoms with Crippen LogP contribution in [0, 0.1) is 6.92 Å². The molecule has 0 saturated heterocycles. The maximum absolute atomic E-state index is 12.1. The van der Waals surface area contributed by atoms with Crippen molar-refractivity contribution < 1.29 is 28.6 Å². The second kappa shape index (κ2) is 12.4. The number of aryl methyl sites for hydroxylation is 1. The number of hydrogen-bond donors (Lipinski definition) is 2. The smallest absolute Gasteiger partial charge is 0.408 e. The number of nitrogens with zero attached hydrogens (tertiary/aromatic N) is 1. The number of hydrogen-bond acceptors (Lipinski definition) is 6. The quantitative estimate of drug-likeness (QED) is 0.291. The Morgan fingerprint density at radius 3 is 2.30 bits per heavy atom. The van der Waals surface area contributed by atoms with E-state index in [-0.39, 0.29) is 13.0 Å². The zero-order valence-electron chi connectivity index (χ0n) is 20.4.